The molecule has 6 aromatic rings. The van der Waals surface area contributed by atoms with Gasteiger partial charge < -0.3 is 14.3 Å². The molecule has 9 heteroatoms. The monoisotopic (exact) mass is 422 g/mol. The summed E-state index contributed by atoms with van der Waals surface area (Å²) in [6.07, 6.45) is 10.8. The number of fused-ring (bicyclic) bond motifs is 2. The number of nitrogens with one attached hydrogen (secondary N) is 2. The van der Waals surface area contributed by atoms with Crippen LogP contribution in [0.5, 0.6) is 5.75 Å². The minimum atomic E-state index is 0.693. The summed E-state index contributed by atoms with van der Waals surface area (Å²) < 4.78 is 7.30. The van der Waals surface area contributed by atoms with Gasteiger partial charge in [-0.3, -0.25) is 10.1 Å². The molecule has 0 saturated carbocycles. The number of hydrogen-bond acceptors (Lipinski definition) is 6. The van der Waals surface area contributed by atoms with Crippen molar-refractivity contribution in [3.63, 3.8) is 0 Å². The summed E-state index contributed by atoms with van der Waals surface area (Å²) in [5.74, 6) is 0.693. The van der Waals surface area contributed by atoms with Crippen LogP contribution in [-0.2, 0) is 0 Å². The first kappa shape index (κ1) is 18.3. The normalized spacial score (nSPS) is 11.4. The van der Waals surface area contributed by atoms with E-state index in [0.29, 0.717) is 11.4 Å². The van der Waals surface area contributed by atoms with E-state index in [1.165, 1.54) is 0 Å². The van der Waals surface area contributed by atoms with Crippen LogP contribution < -0.4 is 4.74 Å². The highest BCUT2D eigenvalue weighted by Gasteiger charge is 2.16. The molecule has 0 aliphatic carbocycles. The maximum atomic E-state index is 5.30. The Balaban J connectivity index is 1.49. The van der Waals surface area contributed by atoms with Crippen molar-refractivity contribution < 1.29 is 4.74 Å². The van der Waals surface area contributed by atoms with E-state index in [1.54, 1.807) is 38.2 Å². The smallest absolute Gasteiger partial charge is 0.155 e. The summed E-state index contributed by atoms with van der Waals surface area (Å²) in [6, 6.07) is 8.01. The fourth-order valence-electron chi connectivity index (χ4n) is 3.87. The van der Waals surface area contributed by atoms with Crippen molar-refractivity contribution in [2.45, 2.75) is 6.92 Å². The molecule has 0 fully saturated rings. The number of nitrogens with zero attached hydrogens (tertiary/aromatic N) is 6. The van der Waals surface area contributed by atoms with Gasteiger partial charge in [0.2, 0.25) is 0 Å². The summed E-state index contributed by atoms with van der Waals surface area (Å²) in [7, 11) is 1.62. The third kappa shape index (κ3) is 2.90. The standard InChI is InChI=1S/C23H18N8O/c1-13-11-31(12-27-13)20-3-4-25-22-17(20)7-19(28-22)21-18-6-15(9-26-23(18)30-29-21)14-5-16(32-2)10-24-8-14/h3-12H,1-2H3,(H,25,28)(H,26,29,30). The second-order valence-corrected chi connectivity index (χ2v) is 7.50. The minimum Gasteiger partial charge on any atom is -0.495 e. The molecule has 6 rings (SSSR count). The highest BCUT2D eigenvalue weighted by atomic mass is 16.5. The zero-order valence-electron chi connectivity index (χ0n) is 17.4. The Hall–Kier alpha value is -4.53. The third-order valence-corrected chi connectivity index (χ3v) is 5.45. The first-order valence-electron chi connectivity index (χ1n) is 10.0. The van der Waals surface area contributed by atoms with Gasteiger partial charge in [-0.05, 0) is 31.2 Å². The number of imidazole rings is 1. The molecule has 0 aromatic carbocycles. The van der Waals surface area contributed by atoms with E-state index in [1.807, 2.05) is 29.8 Å². The van der Waals surface area contributed by atoms with Crippen LogP contribution >= 0.6 is 0 Å². The Kier molecular flexibility index (Phi) is 4.00. The largest absolute Gasteiger partial charge is 0.495 e. The van der Waals surface area contributed by atoms with Crippen LogP contribution in [0.3, 0.4) is 0 Å². The second kappa shape index (κ2) is 7.02. The highest BCUT2D eigenvalue weighted by molar-refractivity contribution is 5.97. The summed E-state index contributed by atoms with van der Waals surface area (Å²) in [4.78, 5) is 21.0. The van der Waals surface area contributed by atoms with E-state index in [9.17, 15) is 0 Å². The van der Waals surface area contributed by atoms with Gasteiger partial charge in [0.1, 0.15) is 17.1 Å². The Morgan fingerprint density at radius 3 is 2.69 bits per heavy atom. The predicted molar refractivity (Wildman–Crippen MR) is 121 cm³/mol. The first-order valence-corrected chi connectivity index (χ1v) is 10.0. The van der Waals surface area contributed by atoms with Crippen molar-refractivity contribution in [1.82, 2.24) is 39.7 Å². The average molecular weight is 422 g/mol. The van der Waals surface area contributed by atoms with E-state index in [0.717, 1.165) is 50.3 Å². The molecule has 0 saturated heterocycles. The van der Waals surface area contributed by atoms with Gasteiger partial charge in [-0.25, -0.2) is 15.0 Å². The zero-order chi connectivity index (χ0) is 21.7. The number of aromatic amines is 2. The maximum Gasteiger partial charge on any atom is 0.155 e. The van der Waals surface area contributed by atoms with Gasteiger partial charge in [0.25, 0.3) is 0 Å². The van der Waals surface area contributed by atoms with Crippen molar-refractivity contribution in [3.05, 3.63) is 67.3 Å². The lowest BCUT2D eigenvalue weighted by Gasteiger charge is -2.04. The summed E-state index contributed by atoms with van der Waals surface area (Å²) in [5, 5.41) is 9.44. The lowest BCUT2D eigenvalue weighted by molar-refractivity contribution is 0.413. The van der Waals surface area contributed by atoms with Crippen LogP contribution in [0.25, 0.3) is 50.3 Å². The second-order valence-electron chi connectivity index (χ2n) is 7.50. The molecule has 0 bridgehead atoms. The third-order valence-electron chi connectivity index (χ3n) is 5.45. The molecule has 0 unspecified atom stereocenters. The van der Waals surface area contributed by atoms with Crippen LogP contribution in [0.4, 0.5) is 0 Å². The molecule has 0 spiro atoms. The Morgan fingerprint density at radius 1 is 0.938 bits per heavy atom. The Morgan fingerprint density at radius 2 is 1.84 bits per heavy atom. The summed E-state index contributed by atoms with van der Waals surface area (Å²) in [5.41, 5.74) is 6.91. The maximum absolute atomic E-state index is 5.30. The summed E-state index contributed by atoms with van der Waals surface area (Å²) >= 11 is 0. The molecular formula is C23H18N8O. The van der Waals surface area contributed by atoms with Gasteiger partial charge in [0.05, 0.1) is 36.7 Å². The number of H-pyrrole nitrogens is 2. The van der Waals surface area contributed by atoms with Crippen molar-refractivity contribution >= 4 is 22.1 Å². The van der Waals surface area contributed by atoms with Gasteiger partial charge in [-0.15, -0.1) is 0 Å². The molecule has 6 aromatic heterocycles. The molecule has 2 N–H and O–H groups in total. The Labute approximate surface area is 182 Å². The van der Waals surface area contributed by atoms with Gasteiger partial charge >= 0.3 is 0 Å². The molecule has 6 heterocycles. The van der Waals surface area contributed by atoms with E-state index >= 15 is 0 Å². The molecule has 0 aliphatic rings. The van der Waals surface area contributed by atoms with Crippen molar-refractivity contribution in [3.8, 4) is 34.0 Å². The Bertz CT molecular complexity index is 1590. The van der Waals surface area contributed by atoms with Crippen molar-refractivity contribution in [1.29, 1.82) is 0 Å². The number of hydrogen-bond donors (Lipinski definition) is 2. The van der Waals surface area contributed by atoms with Crippen molar-refractivity contribution in [2.24, 2.45) is 0 Å². The highest BCUT2D eigenvalue weighted by Crippen LogP contribution is 2.32. The molecule has 32 heavy (non-hydrogen) atoms. The van der Waals surface area contributed by atoms with Crippen LogP contribution in [-0.4, -0.2) is 46.8 Å². The number of aryl methyl sites for hydroxylation is 1. The van der Waals surface area contributed by atoms with Crippen LogP contribution in [0.15, 0.2) is 61.6 Å². The summed E-state index contributed by atoms with van der Waals surface area (Å²) in [6.45, 7) is 1.97. The van der Waals surface area contributed by atoms with E-state index in [-0.39, 0.29) is 0 Å². The van der Waals surface area contributed by atoms with Gasteiger partial charge in [0, 0.05) is 46.7 Å². The quantitative estimate of drug-likeness (QED) is 0.443. The number of methoxy groups -OCH3 is 1. The molecular weight excluding hydrogens is 404 g/mol. The minimum absolute atomic E-state index is 0.693. The fourth-order valence-corrected chi connectivity index (χ4v) is 3.87. The lowest BCUT2D eigenvalue weighted by Crippen LogP contribution is -1.91. The molecule has 156 valence electrons. The number of ether oxygens (including phenoxy) is 1. The van der Waals surface area contributed by atoms with Crippen LogP contribution in [0.1, 0.15) is 5.69 Å². The first-order chi connectivity index (χ1) is 15.7. The number of aromatic nitrogens is 8. The van der Waals surface area contributed by atoms with Gasteiger partial charge in [-0.2, -0.15) is 5.10 Å². The fraction of sp³-hybridized carbons (Fsp3) is 0.0870. The molecule has 0 radical (unpaired) electrons. The van der Waals surface area contributed by atoms with E-state index < -0.39 is 0 Å². The molecule has 0 aliphatic heterocycles. The number of pyridine rings is 3. The average Bonchev–Trinajstić information content (AvgIpc) is 3.55. The SMILES string of the molecule is COc1cncc(-c2cnc3[nH]nc(-c4cc5c(-n6cnc(C)c6)ccnc5[nH]4)c3c2)c1. The lowest BCUT2D eigenvalue weighted by atomic mass is 10.1. The van der Waals surface area contributed by atoms with Gasteiger partial charge in [0.15, 0.2) is 5.65 Å². The zero-order valence-corrected chi connectivity index (χ0v) is 17.4. The van der Waals surface area contributed by atoms with Gasteiger partial charge in [-0.1, -0.05) is 0 Å². The van der Waals surface area contributed by atoms with E-state index in [2.05, 4.69) is 47.2 Å². The topological polar surface area (TPSA) is 110 Å². The van der Waals surface area contributed by atoms with E-state index in [4.69, 9.17) is 4.74 Å². The molecule has 0 atom stereocenters. The number of rotatable bonds is 4. The van der Waals surface area contributed by atoms with Crippen LogP contribution in [0.2, 0.25) is 0 Å². The van der Waals surface area contributed by atoms with Crippen molar-refractivity contribution in [2.75, 3.05) is 7.11 Å². The molecule has 0 amide bonds. The molecule has 9 nitrogen and oxygen atoms in total. The predicted octanol–water partition coefficient (Wildman–Crippen LogP) is 4.07. The van der Waals surface area contributed by atoms with Crippen LogP contribution in [0, 0.1) is 6.92 Å².